The number of benzene rings is 2. The molecule has 4 heteroatoms. The number of methoxy groups -OCH3 is 1. The molecule has 0 aliphatic carbocycles. The van der Waals surface area contributed by atoms with Crippen LogP contribution in [0.25, 0.3) is 0 Å². The van der Waals surface area contributed by atoms with Crippen molar-refractivity contribution in [1.82, 2.24) is 5.32 Å². The van der Waals surface area contributed by atoms with Crippen LogP contribution >= 0.6 is 0 Å². The number of amides is 1. The second-order valence-electron chi connectivity index (χ2n) is 4.99. The molecule has 0 heterocycles. The van der Waals surface area contributed by atoms with Gasteiger partial charge in [0.1, 0.15) is 5.75 Å². The zero-order valence-electron chi connectivity index (χ0n) is 12.8. The summed E-state index contributed by atoms with van der Waals surface area (Å²) in [6.45, 7) is 1.29. The lowest BCUT2D eigenvalue weighted by atomic mass is 10.1. The quantitative estimate of drug-likeness (QED) is 0.788. The Bertz CT molecular complexity index is 567. The molecule has 0 aliphatic rings. The fourth-order valence-electron chi connectivity index (χ4n) is 2.11. The van der Waals surface area contributed by atoms with Crippen LogP contribution in [-0.4, -0.2) is 26.1 Å². The first-order chi connectivity index (χ1) is 10.8. The lowest BCUT2D eigenvalue weighted by Crippen LogP contribution is -2.27. The number of hydrogen-bond acceptors (Lipinski definition) is 3. The number of ether oxygens (including phenoxy) is 1. The van der Waals surface area contributed by atoms with E-state index in [4.69, 9.17) is 4.74 Å². The summed E-state index contributed by atoms with van der Waals surface area (Å²) in [7, 11) is 1.64. The summed E-state index contributed by atoms with van der Waals surface area (Å²) < 4.78 is 5.10. The lowest BCUT2D eigenvalue weighted by Gasteiger charge is -2.08. The van der Waals surface area contributed by atoms with Gasteiger partial charge in [0.15, 0.2) is 0 Å². The van der Waals surface area contributed by atoms with Crippen LogP contribution < -0.4 is 15.4 Å². The summed E-state index contributed by atoms with van der Waals surface area (Å²) in [5, 5.41) is 6.16. The number of rotatable bonds is 8. The minimum absolute atomic E-state index is 0.0666. The molecular formula is C18H22N2O2. The zero-order valence-corrected chi connectivity index (χ0v) is 12.8. The van der Waals surface area contributed by atoms with E-state index in [-0.39, 0.29) is 5.91 Å². The first-order valence-corrected chi connectivity index (χ1v) is 7.46. The van der Waals surface area contributed by atoms with Crippen molar-refractivity contribution < 1.29 is 9.53 Å². The second kappa shape index (κ2) is 8.72. The van der Waals surface area contributed by atoms with Crippen molar-refractivity contribution >= 4 is 11.6 Å². The average Bonchev–Trinajstić information content (AvgIpc) is 2.56. The van der Waals surface area contributed by atoms with E-state index in [0.29, 0.717) is 19.5 Å². The molecule has 2 aromatic rings. The Morgan fingerprint density at radius 1 is 1.00 bits per heavy atom. The molecule has 0 saturated heterocycles. The lowest BCUT2D eigenvalue weighted by molar-refractivity contribution is -0.120. The van der Waals surface area contributed by atoms with Crippen molar-refractivity contribution in [3.05, 3.63) is 60.2 Å². The second-order valence-corrected chi connectivity index (χ2v) is 4.99. The Morgan fingerprint density at radius 2 is 1.73 bits per heavy atom. The van der Waals surface area contributed by atoms with Crippen LogP contribution in [0.2, 0.25) is 0 Å². The molecule has 0 aliphatic heterocycles. The van der Waals surface area contributed by atoms with E-state index in [1.54, 1.807) is 7.11 Å². The molecule has 0 spiro atoms. The summed E-state index contributed by atoms with van der Waals surface area (Å²) in [5.74, 6) is 0.890. The number of nitrogens with one attached hydrogen (secondary N) is 2. The van der Waals surface area contributed by atoms with Crippen LogP contribution in [0, 0.1) is 0 Å². The molecule has 2 N–H and O–H groups in total. The van der Waals surface area contributed by atoms with Crippen LogP contribution in [0.1, 0.15) is 12.0 Å². The molecule has 0 saturated carbocycles. The molecular weight excluding hydrogens is 276 g/mol. The van der Waals surface area contributed by atoms with Gasteiger partial charge in [-0.05, 0) is 36.2 Å². The van der Waals surface area contributed by atoms with E-state index < -0.39 is 0 Å². The van der Waals surface area contributed by atoms with Gasteiger partial charge in [-0.15, -0.1) is 0 Å². The van der Waals surface area contributed by atoms with E-state index >= 15 is 0 Å². The van der Waals surface area contributed by atoms with Gasteiger partial charge >= 0.3 is 0 Å². The number of hydrogen-bond donors (Lipinski definition) is 2. The van der Waals surface area contributed by atoms with Crippen LogP contribution in [-0.2, 0) is 11.2 Å². The standard InChI is InChI=1S/C18H22N2O2/c1-22-17-9-7-16(8-10-17)19-14-12-18(21)20-13-11-15-5-3-2-4-6-15/h2-10,19H,11-14H2,1H3,(H,20,21). The molecule has 0 fully saturated rings. The van der Waals surface area contributed by atoms with Crippen molar-refractivity contribution in [2.24, 2.45) is 0 Å². The maximum Gasteiger partial charge on any atom is 0.221 e. The highest BCUT2D eigenvalue weighted by molar-refractivity contribution is 5.76. The SMILES string of the molecule is COc1ccc(NCCC(=O)NCCc2ccccc2)cc1. The minimum Gasteiger partial charge on any atom is -0.497 e. The van der Waals surface area contributed by atoms with Crippen LogP contribution in [0.5, 0.6) is 5.75 Å². The van der Waals surface area contributed by atoms with Crippen molar-refractivity contribution in [3.8, 4) is 5.75 Å². The van der Waals surface area contributed by atoms with Gasteiger partial charge in [0.25, 0.3) is 0 Å². The Morgan fingerprint density at radius 3 is 2.41 bits per heavy atom. The summed E-state index contributed by atoms with van der Waals surface area (Å²) in [5.41, 5.74) is 2.22. The first-order valence-electron chi connectivity index (χ1n) is 7.46. The van der Waals surface area contributed by atoms with Gasteiger partial charge in [-0.1, -0.05) is 30.3 Å². The summed E-state index contributed by atoms with van der Waals surface area (Å²) >= 11 is 0. The fraction of sp³-hybridized carbons (Fsp3) is 0.278. The predicted octanol–water partition coefficient (Wildman–Crippen LogP) is 2.86. The third kappa shape index (κ3) is 5.48. The third-order valence-corrected chi connectivity index (χ3v) is 3.35. The van der Waals surface area contributed by atoms with Crippen LogP contribution in [0.15, 0.2) is 54.6 Å². The van der Waals surface area contributed by atoms with Gasteiger partial charge < -0.3 is 15.4 Å². The molecule has 2 aromatic carbocycles. The van der Waals surface area contributed by atoms with E-state index in [0.717, 1.165) is 17.9 Å². The largest absolute Gasteiger partial charge is 0.497 e. The Labute approximate surface area is 131 Å². The summed E-state index contributed by atoms with van der Waals surface area (Å²) in [6, 6.07) is 17.8. The smallest absolute Gasteiger partial charge is 0.221 e. The number of carbonyl (C=O) groups excluding carboxylic acids is 1. The third-order valence-electron chi connectivity index (χ3n) is 3.35. The van der Waals surface area contributed by atoms with E-state index in [9.17, 15) is 4.79 Å². The number of carbonyl (C=O) groups is 1. The van der Waals surface area contributed by atoms with Gasteiger partial charge in [-0.3, -0.25) is 4.79 Å². The normalized spacial score (nSPS) is 10.0. The molecule has 0 radical (unpaired) electrons. The topological polar surface area (TPSA) is 50.4 Å². The molecule has 0 atom stereocenters. The van der Waals surface area contributed by atoms with Gasteiger partial charge in [-0.2, -0.15) is 0 Å². The van der Waals surface area contributed by atoms with Crippen LogP contribution in [0.4, 0.5) is 5.69 Å². The maximum atomic E-state index is 11.8. The average molecular weight is 298 g/mol. The van der Waals surface area contributed by atoms with E-state index in [2.05, 4.69) is 22.8 Å². The fourth-order valence-corrected chi connectivity index (χ4v) is 2.11. The maximum absolute atomic E-state index is 11.8. The Kier molecular flexibility index (Phi) is 6.30. The molecule has 4 nitrogen and oxygen atoms in total. The van der Waals surface area contributed by atoms with E-state index in [1.165, 1.54) is 5.56 Å². The molecule has 116 valence electrons. The first kappa shape index (κ1) is 15.9. The van der Waals surface area contributed by atoms with Crippen molar-refractivity contribution in [3.63, 3.8) is 0 Å². The van der Waals surface area contributed by atoms with Gasteiger partial charge in [-0.25, -0.2) is 0 Å². The Hall–Kier alpha value is -2.49. The predicted molar refractivity (Wildman–Crippen MR) is 89.3 cm³/mol. The minimum atomic E-state index is 0.0666. The summed E-state index contributed by atoms with van der Waals surface area (Å²) in [6.07, 6.45) is 1.32. The Balaban J connectivity index is 1.61. The monoisotopic (exact) mass is 298 g/mol. The highest BCUT2D eigenvalue weighted by Gasteiger charge is 2.01. The highest BCUT2D eigenvalue weighted by Crippen LogP contribution is 2.14. The van der Waals surface area contributed by atoms with Gasteiger partial charge in [0.05, 0.1) is 7.11 Å². The summed E-state index contributed by atoms with van der Waals surface area (Å²) in [4.78, 5) is 11.8. The van der Waals surface area contributed by atoms with E-state index in [1.807, 2.05) is 42.5 Å². The van der Waals surface area contributed by atoms with Crippen molar-refractivity contribution in [2.45, 2.75) is 12.8 Å². The molecule has 1 amide bonds. The molecule has 0 unspecified atom stereocenters. The van der Waals surface area contributed by atoms with Crippen LogP contribution in [0.3, 0.4) is 0 Å². The molecule has 22 heavy (non-hydrogen) atoms. The van der Waals surface area contributed by atoms with Gasteiger partial charge in [0, 0.05) is 25.2 Å². The van der Waals surface area contributed by atoms with Crippen molar-refractivity contribution in [1.29, 1.82) is 0 Å². The molecule has 0 aromatic heterocycles. The molecule has 0 bridgehead atoms. The number of anilines is 1. The highest BCUT2D eigenvalue weighted by atomic mass is 16.5. The van der Waals surface area contributed by atoms with Gasteiger partial charge in [0.2, 0.25) is 5.91 Å². The zero-order chi connectivity index (χ0) is 15.6. The van der Waals surface area contributed by atoms with Crippen molar-refractivity contribution in [2.75, 3.05) is 25.5 Å². The molecule has 2 rings (SSSR count).